The third kappa shape index (κ3) is 5.54. The summed E-state index contributed by atoms with van der Waals surface area (Å²) in [6, 6.07) is 10.1. The molecule has 3 aliphatic carbocycles. The molecule has 2 amide bonds. The van der Waals surface area contributed by atoms with Crippen LogP contribution in [0.2, 0.25) is 0 Å². The number of carbonyl (C=O) groups excluding carboxylic acids is 3. The van der Waals surface area contributed by atoms with Gasteiger partial charge in [0.15, 0.2) is 0 Å². The molecule has 1 aromatic carbocycles. The van der Waals surface area contributed by atoms with Gasteiger partial charge < -0.3 is 20.3 Å². The molecule has 194 valence electrons. The molecule has 1 heterocycles. The second-order valence-electron chi connectivity index (χ2n) is 10.4. The molecule has 0 aromatic heterocycles. The molecule has 1 unspecified atom stereocenters. The summed E-state index contributed by atoms with van der Waals surface area (Å²) in [5.74, 6) is -0.793. The number of carbonyl (C=O) groups is 3. The Hall–Kier alpha value is -2.99. The number of halogens is 1. The van der Waals surface area contributed by atoms with Crippen molar-refractivity contribution in [3.05, 3.63) is 35.9 Å². The second-order valence-corrected chi connectivity index (χ2v) is 10.4. The van der Waals surface area contributed by atoms with E-state index in [9.17, 15) is 24.0 Å². The molecular formula is C27H35FN4O4. The van der Waals surface area contributed by atoms with Gasteiger partial charge in [-0.25, -0.2) is 9.18 Å². The van der Waals surface area contributed by atoms with Crippen LogP contribution in [-0.2, 0) is 25.5 Å². The van der Waals surface area contributed by atoms with Gasteiger partial charge in [0.25, 0.3) is 0 Å². The fraction of sp³-hybridized carbons (Fsp3) is 0.630. The third-order valence-electron chi connectivity index (χ3n) is 8.22. The fourth-order valence-corrected chi connectivity index (χ4v) is 5.94. The Balaban J connectivity index is 1.34. The highest BCUT2D eigenvalue weighted by Crippen LogP contribution is 2.52. The number of benzene rings is 1. The molecule has 2 N–H and O–H groups in total. The van der Waals surface area contributed by atoms with E-state index in [1.807, 2.05) is 36.4 Å². The zero-order valence-electron chi connectivity index (χ0n) is 20.8. The SMILES string of the molecule is CCOC(=O)C(Cc1ccccc1)NC(=O)C12CCC(NCC(=O)N3C[C@@H](F)C[C@H]3C#N)(CC1)CC2. The van der Waals surface area contributed by atoms with Crippen LogP contribution in [0.4, 0.5) is 4.39 Å². The van der Waals surface area contributed by atoms with Gasteiger partial charge in [0.2, 0.25) is 11.8 Å². The average Bonchev–Trinajstić information content (AvgIpc) is 3.29. The molecule has 36 heavy (non-hydrogen) atoms. The van der Waals surface area contributed by atoms with E-state index in [1.54, 1.807) is 6.92 Å². The minimum Gasteiger partial charge on any atom is -0.464 e. The fourth-order valence-electron chi connectivity index (χ4n) is 5.94. The zero-order chi connectivity index (χ0) is 25.8. The summed E-state index contributed by atoms with van der Waals surface area (Å²) in [6.07, 6.45) is 3.50. The van der Waals surface area contributed by atoms with Crippen LogP contribution in [-0.4, -0.2) is 66.2 Å². The molecule has 2 bridgehead atoms. The summed E-state index contributed by atoms with van der Waals surface area (Å²) in [6.45, 7) is 2.03. The maximum atomic E-state index is 13.7. The molecule has 3 saturated carbocycles. The zero-order valence-corrected chi connectivity index (χ0v) is 20.8. The first-order valence-corrected chi connectivity index (χ1v) is 12.9. The van der Waals surface area contributed by atoms with Gasteiger partial charge in [-0.15, -0.1) is 0 Å². The number of amides is 2. The van der Waals surface area contributed by atoms with E-state index in [0.717, 1.165) is 24.8 Å². The highest BCUT2D eigenvalue weighted by Gasteiger charge is 2.53. The lowest BCUT2D eigenvalue weighted by Crippen LogP contribution is -2.61. The van der Waals surface area contributed by atoms with Crippen molar-refractivity contribution in [3.63, 3.8) is 0 Å². The first kappa shape index (κ1) is 26.1. The first-order valence-electron chi connectivity index (χ1n) is 12.9. The molecule has 1 aliphatic heterocycles. The van der Waals surface area contributed by atoms with Crippen LogP contribution in [0.25, 0.3) is 0 Å². The van der Waals surface area contributed by atoms with Crippen LogP contribution in [0.5, 0.6) is 0 Å². The minimum absolute atomic E-state index is 0.0281. The Labute approximate surface area is 211 Å². The largest absolute Gasteiger partial charge is 0.464 e. The van der Waals surface area contributed by atoms with Crippen molar-refractivity contribution < 1.29 is 23.5 Å². The molecule has 4 fully saturated rings. The summed E-state index contributed by atoms with van der Waals surface area (Å²) in [7, 11) is 0. The van der Waals surface area contributed by atoms with Crippen LogP contribution in [0, 0.1) is 16.7 Å². The maximum Gasteiger partial charge on any atom is 0.328 e. The Kier molecular flexibility index (Phi) is 7.94. The molecule has 9 heteroatoms. The number of hydrogen-bond donors (Lipinski definition) is 2. The van der Waals surface area contributed by atoms with Crippen LogP contribution < -0.4 is 10.6 Å². The van der Waals surface area contributed by atoms with E-state index in [0.29, 0.717) is 25.7 Å². The molecule has 0 radical (unpaired) electrons. The van der Waals surface area contributed by atoms with Crippen LogP contribution in [0.1, 0.15) is 57.4 Å². The van der Waals surface area contributed by atoms with E-state index in [1.165, 1.54) is 4.90 Å². The van der Waals surface area contributed by atoms with Gasteiger partial charge in [-0.05, 0) is 51.0 Å². The summed E-state index contributed by atoms with van der Waals surface area (Å²) in [4.78, 5) is 40.1. The van der Waals surface area contributed by atoms with Crippen molar-refractivity contribution in [3.8, 4) is 6.07 Å². The third-order valence-corrected chi connectivity index (χ3v) is 8.22. The molecule has 5 rings (SSSR count). The Morgan fingerprint density at radius 1 is 1.17 bits per heavy atom. The van der Waals surface area contributed by atoms with Gasteiger partial charge >= 0.3 is 5.97 Å². The molecule has 3 atom stereocenters. The number of nitrogens with zero attached hydrogens (tertiary/aromatic N) is 2. The number of rotatable bonds is 9. The lowest BCUT2D eigenvalue weighted by molar-refractivity contribution is -0.150. The second kappa shape index (κ2) is 11.0. The number of ether oxygens (including phenoxy) is 1. The summed E-state index contributed by atoms with van der Waals surface area (Å²) in [5, 5.41) is 15.6. The van der Waals surface area contributed by atoms with E-state index in [-0.39, 0.29) is 43.5 Å². The molecule has 0 spiro atoms. The summed E-state index contributed by atoms with van der Waals surface area (Å²) in [5.41, 5.74) is 0.181. The van der Waals surface area contributed by atoms with E-state index in [4.69, 9.17) is 4.74 Å². The van der Waals surface area contributed by atoms with E-state index < -0.39 is 29.6 Å². The van der Waals surface area contributed by atoms with Gasteiger partial charge in [0.05, 0.1) is 25.8 Å². The van der Waals surface area contributed by atoms with Gasteiger partial charge in [-0.2, -0.15) is 5.26 Å². The van der Waals surface area contributed by atoms with Crippen molar-refractivity contribution >= 4 is 17.8 Å². The normalized spacial score (nSPS) is 29.9. The van der Waals surface area contributed by atoms with Crippen molar-refractivity contribution in [1.29, 1.82) is 5.26 Å². The number of likely N-dealkylation sites (tertiary alicyclic amines) is 1. The number of esters is 1. The van der Waals surface area contributed by atoms with Gasteiger partial charge in [-0.3, -0.25) is 9.59 Å². The topological polar surface area (TPSA) is 112 Å². The van der Waals surface area contributed by atoms with Crippen molar-refractivity contribution in [2.45, 2.75) is 82.1 Å². The van der Waals surface area contributed by atoms with E-state index in [2.05, 4.69) is 10.6 Å². The predicted octanol–water partition coefficient (Wildman–Crippen LogP) is 2.42. The monoisotopic (exact) mass is 498 g/mol. The van der Waals surface area contributed by atoms with Crippen molar-refractivity contribution in [1.82, 2.24) is 15.5 Å². The first-order chi connectivity index (χ1) is 17.3. The van der Waals surface area contributed by atoms with Crippen molar-refractivity contribution in [2.24, 2.45) is 5.41 Å². The number of alkyl halides is 1. The predicted molar refractivity (Wildman–Crippen MR) is 130 cm³/mol. The van der Waals surface area contributed by atoms with Gasteiger partial charge in [-0.1, -0.05) is 30.3 Å². The highest BCUT2D eigenvalue weighted by atomic mass is 19.1. The van der Waals surface area contributed by atoms with Crippen LogP contribution in [0.3, 0.4) is 0 Å². The number of nitriles is 1. The van der Waals surface area contributed by atoms with Crippen LogP contribution >= 0.6 is 0 Å². The lowest BCUT2D eigenvalue weighted by atomic mass is 9.57. The van der Waals surface area contributed by atoms with Crippen LogP contribution in [0.15, 0.2) is 30.3 Å². The van der Waals surface area contributed by atoms with E-state index >= 15 is 0 Å². The molecular weight excluding hydrogens is 463 g/mol. The Bertz CT molecular complexity index is 986. The standard InChI is InChI=1S/C27H35FN4O4/c1-2-36-24(34)22(14-19-6-4-3-5-7-19)31-25(35)26-8-11-27(12-9-26,13-10-26)30-17-23(33)32-18-20(28)15-21(32)16-29/h3-7,20-22,30H,2,8-15,17-18H2,1H3,(H,31,35)/t20-,21-,22?,26?,27?/m0/s1. The van der Waals surface area contributed by atoms with Crippen molar-refractivity contribution in [2.75, 3.05) is 19.7 Å². The highest BCUT2D eigenvalue weighted by molar-refractivity contribution is 5.88. The average molecular weight is 499 g/mol. The number of hydrogen-bond acceptors (Lipinski definition) is 6. The number of fused-ring (bicyclic) bond motifs is 3. The molecule has 1 saturated heterocycles. The Morgan fingerprint density at radius 2 is 1.83 bits per heavy atom. The quantitative estimate of drug-likeness (QED) is 0.506. The van der Waals surface area contributed by atoms with Gasteiger partial charge in [0.1, 0.15) is 18.3 Å². The maximum absolute atomic E-state index is 13.7. The summed E-state index contributed by atoms with van der Waals surface area (Å²) >= 11 is 0. The lowest BCUT2D eigenvalue weighted by Gasteiger charge is -2.53. The Morgan fingerprint density at radius 3 is 2.44 bits per heavy atom. The molecule has 8 nitrogen and oxygen atoms in total. The summed E-state index contributed by atoms with van der Waals surface area (Å²) < 4.78 is 18.9. The molecule has 4 aliphatic rings. The smallest absolute Gasteiger partial charge is 0.328 e. The minimum atomic E-state index is -1.15. The number of nitrogens with one attached hydrogen (secondary N) is 2. The van der Waals surface area contributed by atoms with Gasteiger partial charge in [0, 0.05) is 23.8 Å². The molecule has 1 aromatic rings.